The second kappa shape index (κ2) is 8.04. The Kier molecular flexibility index (Phi) is 6.06. The van der Waals surface area contributed by atoms with Crippen molar-refractivity contribution < 1.29 is 14.3 Å². The third-order valence-corrected chi connectivity index (χ3v) is 3.56. The summed E-state index contributed by atoms with van der Waals surface area (Å²) in [7, 11) is 1.53. The average molecular weight is 367 g/mol. The number of nitrogens with zero attached hydrogens (tertiary/aromatic N) is 1. The SMILES string of the molecule is C=C(C)COc1cc(C(=O)Nc2c(Cl)cncc2Cl)ccc1OC. The number of nitrogens with one attached hydrogen (secondary N) is 1. The number of rotatable bonds is 6. The summed E-state index contributed by atoms with van der Waals surface area (Å²) in [5.74, 6) is 0.584. The Bertz CT molecular complexity index is 758. The molecule has 1 N–H and O–H groups in total. The molecule has 0 aliphatic heterocycles. The van der Waals surface area contributed by atoms with Gasteiger partial charge in [0, 0.05) is 18.0 Å². The quantitative estimate of drug-likeness (QED) is 0.758. The molecule has 126 valence electrons. The molecule has 0 saturated heterocycles. The molecule has 2 aromatic rings. The molecule has 0 spiro atoms. The second-order valence-corrected chi connectivity index (χ2v) is 5.86. The molecule has 0 atom stereocenters. The zero-order valence-electron chi connectivity index (χ0n) is 13.2. The van der Waals surface area contributed by atoms with Crippen molar-refractivity contribution in [3.05, 3.63) is 58.4 Å². The second-order valence-electron chi connectivity index (χ2n) is 5.04. The van der Waals surface area contributed by atoms with Crippen molar-refractivity contribution in [2.45, 2.75) is 6.92 Å². The zero-order chi connectivity index (χ0) is 17.7. The molecule has 0 aliphatic rings. The predicted molar refractivity (Wildman–Crippen MR) is 95.5 cm³/mol. The third-order valence-electron chi connectivity index (χ3n) is 2.99. The first kappa shape index (κ1) is 18.1. The molecule has 24 heavy (non-hydrogen) atoms. The van der Waals surface area contributed by atoms with E-state index in [9.17, 15) is 4.79 Å². The van der Waals surface area contributed by atoms with Gasteiger partial charge in [-0.1, -0.05) is 29.8 Å². The van der Waals surface area contributed by atoms with Gasteiger partial charge >= 0.3 is 0 Å². The fourth-order valence-electron chi connectivity index (χ4n) is 1.85. The van der Waals surface area contributed by atoms with E-state index >= 15 is 0 Å². The summed E-state index contributed by atoms with van der Waals surface area (Å²) < 4.78 is 10.8. The van der Waals surface area contributed by atoms with E-state index < -0.39 is 0 Å². The van der Waals surface area contributed by atoms with Crippen LogP contribution in [0, 0.1) is 0 Å². The van der Waals surface area contributed by atoms with Gasteiger partial charge in [0.2, 0.25) is 0 Å². The minimum Gasteiger partial charge on any atom is -0.493 e. The monoisotopic (exact) mass is 366 g/mol. The highest BCUT2D eigenvalue weighted by molar-refractivity contribution is 6.39. The molecule has 0 unspecified atom stereocenters. The van der Waals surface area contributed by atoms with Crippen LogP contribution >= 0.6 is 23.2 Å². The van der Waals surface area contributed by atoms with Crippen molar-refractivity contribution in [3.63, 3.8) is 0 Å². The van der Waals surface area contributed by atoms with E-state index in [1.165, 1.54) is 19.5 Å². The van der Waals surface area contributed by atoms with Gasteiger partial charge in [0.1, 0.15) is 6.61 Å². The summed E-state index contributed by atoms with van der Waals surface area (Å²) in [4.78, 5) is 16.3. The lowest BCUT2D eigenvalue weighted by molar-refractivity contribution is 0.102. The van der Waals surface area contributed by atoms with Gasteiger partial charge in [-0.3, -0.25) is 9.78 Å². The van der Waals surface area contributed by atoms with E-state index in [4.69, 9.17) is 32.7 Å². The first-order valence-corrected chi connectivity index (χ1v) is 7.73. The number of halogens is 2. The number of benzene rings is 1. The average Bonchev–Trinajstić information content (AvgIpc) is 2.55. The summed E-state index contributed by atoms with van der Waals surface area (Å²) in [6.07, 6.45) is 2.80. The number of hydrogen-bond donors (Lipinski definition) is 1. The fraction of sp³-hybridized carbons (Fsp3) is 0.176. The summed E-state index contributed by atoms with van der Waals surface area (Å²) >= 11 is 12.0. The van der Waals surface area contributed by atoms with Crippen LogP contribution in [0.4, 0.5) is 5.69 Å². The minimum atomic E-state index is -0.382. The van der Waals surface area contributed by atoms with Gasteiger partial charge in [-0.15, -0.1) is 0 Å². The van der Waals surface area contributed by atoms with E-state index in [0.717, 1.165) is 5.57 Å². The maximum atomic E-state index is 12.4. The van der Waals surface area contributed by atoms with Gasteiger partial charge in [-0.05, 0) is 30.7 Å². The summed E-state index contributed by atoms with van der Waals surface area (Å²) in [5.41, 5.74) is 1.53. The Morgan fingerprint density at radius 2 is 1.92 bits per heavy atom. The van der Waals surface area contributed by atoms with Gasteiger partial charge in [0.25, 0.3) is 5.91 Å². The molecule has 1 amide bonds. The number of anilines is 1. The number of methoxy groups -OCH3 is 1. The molecule has 0 bridgehead atoms. The van der Waals surface area contributed by atoms with E-state index in [1.807, 2.05) is 6.92 Å². The summed E-state index contributed by atoms with van der Waals surface area (Å²) in [6.45, 7) is 5.94. The maximum absolute atomic E-state index is 12.4. The Hall–Kier alpha value is -2.24. The molecule has 0 fully saturated rings. The Morgan fingerprint density at radius 3 is 2.50 bits per heavy atom. The van der Waals surface area contributed by atoms with Gasteiger partial charge in [-0.2, -0.15) is 0 Å². The van der Waals surface area contributed by atoms with Crippen molar-refractivity contribution in [1.29, 1.82) is 0 Å². The van der Waals surface area contributed by atoms with Crippen LogP contribution in [0.5, 0.6) is 11.5 Å². The van der Waals surface area contributed by atoms with Crippen LogP contribution in [0.25, 0.3) is 0 Å². The molecule has 7 heteroatoms. The first-order chi connectivity index (χ1) is 11.4. The van der Waals surface area contributed by atoms with Crippen molar-refractivity contribution in [1.82, 2.24) is 4.98 Å². The smallest absolute Gasteiger partial charge is 0.255 e. The van der Waals surface area contributed by atoms with Crippen molar-refractivity contribution >= 4 is 34.8 Å². The molecule has 0 saturated carbocycles. The van der Waals surface area contributed by atoms with Gasteiger partial charge in [-0.25, -0.2) is 0 Å². The number of hydrogen-bond acceptors (Lipinski definition) is 4. The normalized spacial score (nSPS) is 10.2. The summed E-state index contributed by atoms with van der Waals surface area (Å²) in [5, 5.41) is 3.17. The number of ether oxygens (including phenoxy) is 2. The van der Waals surface area contributed by atoms with Crippen molar-refractivity contribution in [2.75, 3.05) is 19.0 Å². The van der Waals surface area contributed by atoms with E-state index in [-0.39, 0.29) is 16.0 Å². The molecule has 0 radical (unpaired) electrons. The largest absolute Gasteiger partial charge is 0.493 e. The van der Waals surface area contributed by atoms with Crippen LogP contribution in [-0.4, -0.2) is 24.6 Å². The predicted octanol–water partition coefficient (Wildman–Crippen LogP) is 4.60. The first-order valence-electron chi connectivity index (χ1n) is 6.98. The number of pyridine rings is 1. The van der Waals surface area contributed by atoms with Gasteiger partial charge < -0.3 is 14.8 Å². The van der Waals surface area contributed by atoms with E-state index in [1.54, 1.807) is 18.2 Å². The Labute approximate surface area is 150 Å². The topological polar surface area (TPSA) is 60.5 Å². The standard InChI is InChI=1S/C17H16Cl2N2O3/c1-10(2)9-24-15-6-11(4-5-14(15)23-3)17(22)21-16-12(18)7-20-8-13(16)19/h4-8H,1,9H2,2-3H3,(H,20,21,22). The lowest BCUT2D eigenvalue weighted by Crippen LogP contribution is -2.13. The number of carbonyl (C=O) groups excluding carboxylic acids is 1. The molecule has 2 rings (SSSR count). The van der Waals surface area contributed by atoms with Gasteiger partial charge in [0.05, 0.1) is 22.8 Å². The highest BCUT2D eigenvalue weighted by Gasteiger charge is 2.15. The highest BCUT2D eigenvalue weighted by Crippen LogP contribution is 2.31. The van der Waals surface area contributed by atoms with Crippen molar-refractivity contribution in [3.8, 4) is 11.5 Å². The van der Waals surface area contributed by atoms with Gasteiger partial charge in [0.15, 0.2) is 11.5 Å². The Morgan fingerprint density at radius 1 is 1.25 bits per heavy atom. The van der Waals surface area contributed by atoms with Crippen molar-refractivity contribution in [2.24, 2.45) is 0 Å². The molecular weight excluding hydrogens is 351 g/mol. The van der Waals surface area contributed by atoms with Crippen LogP contribution in [-0.2, 0) is 0 Å². The highest BCUT2D eigenvalue weighted by atomic mass is 35.5. The molecule has 5 nitrogen and oxygen atoms in total. The van der Waals surface area contributed by atoms with E-state index in [0.29, 0.717) is 29.4 Å². The molecule has 0 aliphatic carbocycles. The van der Waals surface area contributed by atoms with E-state index in [2.05, 4.69) is 16.9 Å². The lowest BCUT2D eigenvalue weighted by atomic mass is 10.2. The fourth-order valence-corrected chi connectivity index (χ4v) is 2.31. The molecule has 1 heterocycles. The van der Waals surface area contributed by atoms with Crippen LogP contribution in [0.2, 0.25) is 10.0 Å². The van der Waals surface area contributed by atoms with Crippen LogP contribution in [0.15, 0.2) is 42.7 Å². The minimum absolute atomic E-state index is 0.253. The maximum Gasteiger partial charge on any atom is 0.255 e. The Balaban J connectivity index is 2.26. The lowest BCUT2D eigenvalue weighted by Gasteiger charge is -2.13. The van der Waals surface area contributed by atoms with Crippen LogP contribution in [0.3, 0.4) is 0 Å². The van der Waals surface area contributed by atoms with Crippen LogP contribution in [0.1, 0.15) is 17.3 Å². The number of carbonyl (C=O) groups is 1. The molecular formula is C17H16Cl2N2O3. The number of aromatic nitrogens is 1. The third kappa shape index (κ3) is 4.40. The zero-order valence-corrected chi connectivity index (χ0v) is 14.7. The summed E-state index contributed by atoms with van der Waals surface area (Å²) in [6, 6.07) is 4.85. The molecule has 1 aromatic heterocycles. The number of amides is 1. The molecule has 1 aromatic carbocycles. The van der Waals surface area contributed by atoms with Crippen LogP contribution < -0.4 is 14.8 Å².